The van der Waals surface area contributed by atoms with Gasteiger partial charge in [0.25, 0.3) is 5.91 Å². The zero-order valence-corrected chi connectivity index (χ0v) is 15.0. The van der Waals surface area contributed by atoms with Gasteiger partial charge in [-0.3, -0.25) is 4.79 Å². The van der Waals surface area contributed by atoms with Gasteiger partial charge in [-0.05, 0) is 48.9 Å². The van der Waals surface area contributed by atoms with E-state index < -0.39 is 5.91 Å². The van der Waals surface area contributed by atoms with E-state index in [1.54, 1.807) is 43.4 Å². The van der Waals surface area contributed by atoms with Crippen molar-refractivity contribution in [2.75, 3.05) is 25.7 Å². The fourth-order valence-electron chi connectivity index (χ4n) is 2.32. The maximum atomic E-state index is 11.8. The molecule has 0 aliphatic heterocycles. The normalized spacial score (nSPS) is 10.8. The van der Waals surface area contributed by atoms with Crippen LogP contribution in [0.15, 0.2) is 48.7 Å². The van der Waals surface area contributed by atoms with Crippen molar-refractivity contribution in [2.45, 2.75) is 6.92 Å². The Hall–Kier alpha value is -3.03. The van der Waals surface area contributed by atoms with Gasteiger partial charge in [-0.25, -0.2) is 5.43 Å². The van der Waals surface area contributed by atoms with Crippen molar-refractivity contribution in [3.8, 4) is 17.2 Å². The average molecular weight is 357 g/mol. The Morgan fingerprint density at radius 2 is 1.92 bits per heavy atom. The van der Waals surface area contributed by atoms with Crippen molar-refractivity contribution >= 4 is 11.6 Å². The smallest absolute Gasteiger partial charge is 0.252 e. The van der Waals surface area contributed by atoms with Crippen molar-refractivity contribution in [2.24, 2.45) is 5.73 Å². The fourth-order valence-corrected chi connectivity index (χ4v) is 2.32. The zero-order valence-electron chi connectivity index (χ0n) is 15.0. The number of carbonyl (C=O) groups excluding carboxylic acids is 1. The van der Waals surface area contributed by atoms with E-state index in [0.717, 1.165) is 11.3 Å². The van der Waals surface area contributed by atoms with E-state index in [9.17, 15) is 4.79 Å². The molecule has 2 rings (SSSR count). The van der Waals surface area contributed by atoms with Crippen LogP contribution in [0.3, 0.4) is 0 Å². The Kier molecular flexibility index (Phi) is 6.60. The second-order valence-electron chi connectivity index (χ2n) is 5.53. The molecule has 2 aromatic carbocycles. The van der Waals surface area contributed by atoms with Crippen LogP contribution in [0.1, 0.15) is 15.9 Å². The summed E-state index contributed by atoms with van der Waals surface area (Å²) in [5.74, 6) is 0.939. The van der Waals surface area contributed by atoms with Crippen molar-refractivity contribution in [3.05, 3.63) is 59.9 Å². The summed E-state index contributed by atoms with van der Waals surface area (Å²) >= 11 is 0. The number of amides is 1. The topological polar surface area (TPSA) is 97.1 Å². The predicted molar refractivity (Wildman–Crippen MR) is 101 cm³/mol. The van der Waals surface area contributed by atoms with Gasteiger partial charge in [-0.2, -0.15) is 0 Å². The van der Waals surface area contributed by atoms with Crippen LogP contribution >= 0.6 is 0 Å². The molecular formula is C19H23N3O4. The van der Waals surface area contributed by atoms with Gasteiger partial charge in [-0.15, -0.1) is 0 Å². The van der Waals surface area contributed by atoms with Crippen LogP contribution in [-0.2, 0) is 0 Å². The second kappa shape index (κ2) is 8.89. The molecule has 26 heavy (non-hydrogen) atoms. The molecule has 0 fully saturated rings. The van der Waals surface area contributed by atoms with Gasteiger partial charge in [0, 0.05) is 20.2 Å². The molecule has 7 nitrogen and oxygen atoms in total. The van der Waals surface area contributed by atoms with Gasteiger partial charge in [0.15, 0.2) is 0 Å². The Balaban J connectivity index is 2.29. The lowest BCUT2D eigenvalue weighted by atomic mass is 10.1. The maximum Gasteiger partial charge on any atom is 0.252 e. The third-order valence-electron chi connectivity index (χ3n) is 3.72. The van der Waals surface area contributed by atoms with E-state index in [1.165, 1.54) is 12.3 Å². The molecule has 0 aliphatic rings. The summed E-state index contributed by atoms with van der Waals surface area (Å²) < 4.78 is 11.2. The van der Waals surface area contributed by atoms with Crippen LogP contribution < -0.4 is 25.6 Å². The molecule has 1 amide bonds. The molecule has 0 saturated heterocycles. The number of aliphatic hydroxyl groups excluding tert-OH is 1. The molecule has 0 bridgehead atoms. The second-order valence-corrected chi connectivity index (χ2v) is 5.53. The quantitative estimate of drug-likeness (QED) is 0.496. The van der Waals surface area contributed by atoms with Crippen molar-refractivity contribution in [3.63, 3.8) is 0 Å². The van der Waals surface area contributed by atoms with Crippen LogP contribution in [0.5, 0.6) is 17.2 Å². The Morgan fingerprint density at radius 3 is 2.50 bits per heavy atom. The monoisotopic (exact) mass is 357 g/mol. The molecule has 0 unspecified atom stereocenters. The number of aryl methyl sites for hydroxylation is 1. The molecule has 0 saturated carbocycles. The number of nitrogens with one attached hydrogen (secondary N) is 1. The highest BCUT2D eigenvalue weighted by atomic mass is 16.5. The lowest BCUT2D eigenvalue weighted by Crippen LogP contribution is -2.31. The average Bonchev–Trinajstić information content (AvgIpc) is 2.63. The van der Waals surface area contributed by atoms with Gasteiger partial charge < -0.3 is 25.3 Å². The SMILES string of the molecule is CNN(C)c1cc(Oc2ccc(O/C=C/CO)cc2)c(C(N)=O)cc1C. The van der Waals surface area contributed by atoms with Crippen LogP contribution in [-0.4, -0.2) is 31.7 Å². The highest BCUT2D eigenvalue weighted by molar-refractivity contribution is 5.96. The van der Waals surface area contributed by atoms with E-state index in [1.807, 2.05) is 19.0 Å². The largest absolute Gasteiger partial charge is 0.465 e. The number of carbonyl (C=O) groups is 1. The Labute approximate surface area is 152 Å². The molecule has 4 N–H and O–H groups in total. The van der Waals surface area contributed by atoms with Crippen LogP contribution in [0.25, 0.3) is 0 Å². The van der Waals surface area contributed by atoms with E-state index >= 15 is 0 Å². The summed E-state index contributed by atoms with van der Waals surface area (Å²) in [6.07, 6.45) is 2.89. The summed E-state index contributed by atoms with van der Waals surface area (Å²) in [6.45, 7) is 1.80. The number of benzene rings is 2. The minimum atomic E-state index is -0.559. The van der Waals surface area contributed by atoms with Crippen LogP contribution in [0.4, 0.5) is 5.69 Å². The summed E-state index contributed by atoms with van der Waals surface area (Å²) in [5, 5.41) is 10.5. The first kappa shape index (κ1) is 19.3. The van der Waals surface area contributed by atoms with Gasteiger partial charge in [0.05, 0.1) is 24.1 Å². The molecule has 0 aromatic heterocycles. The number of hydrogen-bond acceptors (Lipinski definition) is 6. The summed E-state index contributed by atoms with van der Waals surface area (Å²) in [7, 11) is 3.66. The number of anilines is 1. The molecular weight excluding hydrogens is 334 g/mol. The number of hydrogen-bond donors (Lipinski definition) is 3. The van der Waals surface area contributed by atoms with Crippen LogP contribution in [0, 0.1) is 6.92 Å². The predicted octanol–water partition coefficient (Wildman–Crippen LogP) is 2.34. The summed E-state index contributed by atoms with van der Waals surface area (Å²) in [6, 6.07) is 10.3. The van der Waals surface area contributed by atoms with E-state index in [-0.39, 0.29) is 6.61 Å². The fraction of sp³-hybridized carbons (Fsp3) is 0.211. The molecule has 2 aromatic rings. The number of nitrogens with zero attached hydrogens (tertiary/aromatic N) is 1. The van der Waals surface area contributed by atoms with Gasteiger partial charge >= 0.3 is 0 Å². The standard InChI is InChI=1S/C19H23N3O4/c1-13-11-16(19(20)24)18(12-17(13)22(3)21-2)26-15-7-5-14(6-8-15)25-10-4-9-23/h4-8,10-12,21,23H,9H2,1-3H3,(H2,20,24)/b10-4+. The Morgan fingerprint density at radius 1 is 1.27 bits per heavy atom. The first-order valence-electron chi connectivity index (χ1n) is 8.02. The molecule has 7 heteroatoms. The molecule has 0 spiro atoms. The van der Waals surface area contributed by atoms with E-state index in [0.29, 0.717) is 22.8 Å². The molecule has 138 valence electrons. The number of nitrogens with two attached hydrogens (primary N) is 1. The minimum Gasteiger partial charge on any atom is -0.465 e. The van der Waals surface area contributed by atoms with Crippen LogP contribution in [0.2, 0.25) is 0 Å². The Bertz CT molecular complexity index is 788. The summed E-state index contributed by atoms with van der Waals surface area (Å²) in [5.41, 5.74) is 10.6. The highest BCUT2D eigenvalue weighted by Crippen LogP contribution is 2.32. The maximum absolute atomic E-state index is 11.8. The lowest BCUT2D eigenvalue weighted by Gasteiger charge is -2.22. The zero-order chi connectivity index (χ0) is 19.1. The molecule has 0 atom stereocenters. The van der Waals surface area contributed by atoms with Crippen molar-refractivity contribution in [1.82, 2.24) is 5.43 Å². The number of rotatable bonds is 8. The lowest BCUT2D eigenvalue weighted by molar-refractivity contribution is 0.0998. The third kappa shape index (κ3) is 4.75. The molecule has 0 radical (unpaired) electrons. The van der Waals surface area contributed by atoms with E-state index in [4.69, 9.17) is 20.3 Å². The minimum absolute atomic E-state index is 0.0894. The van der Waals surface area contributed by atoms with Crippen molar-refractivity contribution in [1.29, 1.82) is 0 Å². The van der Waals surface area contributed by atoms with Gasteiger partial charge in [0.1, 0.15) is 17.2 Å². The van der Waals surface area contributed by atoms with Crippen molar-refractivity contribution < 1.29 is 19.4 Å². The highest BCUT2D eigenvalue weighted by Gasteiger charge is 2.15. The first-order valence-corrected chi connectivity index (χ1v) is 8.02. The number of primary amides is 1. The molecule has 0 heterocycles. The van der Waals surface area contributed by atoms with Gasteiger partial charge in [0.2, 0.25) is 0 Å². The third-order valence-corrected chi connectivity index (χ3v) is 3.72. The first-order chi connectivity index (χ1) is 12.5. The van der Waals surface area contributed by atoms with E-state index in [2.05, 4.69) is 5.43 Å². The number of aliphatic hydroxyl groups is 1. The molecule has 0 aliphatic carbocycles. The number of ether oxygens (including phenoxy) is 2. The number of hydrazine groups is 1. The summed E-state index contributed by atoms with van der Waals surface area (Å²) in [4.78, 5) is 11.8. The van der Waals surface area contributed by atoms with Gasteiger partial charge in [-0.1, -0.05) is 0 Å².